The number of hydrogen-bond acceptors (Lipinski definition) is 7. The Bertz CT molecular complexity index is 1170. The zero-order valence-corrected chi connectivity index (χ0v) is 20.0. The van der Waals surface area contributed by atoms with Crippen LogP contribution >= 0.6 is 0 Å². The van der Waals surface area contributed by atoms with Crippen LogP contribution in [-0.4, -0.2) is 45.8 Å². The number of nitrogens with one attached hydrogen (secondary N) is 2. The van der Waals surface area contributed by atoms with Gasteiger partial charge in [-0.1, -0.05) is 12.1 Å². The zero-order valence-electron chi connectivity index (χ0n) is 20.0. The highest BCUT2D eigenvalue weighted by atomic mass is 16.5. The van der Waals surface area contributed by atoms with Crippen LogP contribution in [0.5, 0.6) is 23.0 Å². The predicted octanol–water partition coefficient (Wildman–Crippen LogP) is 3.66. The molecule has 184 valence electrons. The summed E-state index contributed by atoms with van der Waals surface area (Å²) in [6.07, 6.45) is 2.92. The molecule has 0 fully saturated rings. The molecule has 3 rings (SSSR count). The largest absolute Gasteiger partial charge is 0.493 e. The molecule has 0 radical (unpaired) electrons. The molecule has 0 saturated carbocycles. The van der Waals surface area contributed by atoms with Crippen LogP contribution < -0.4 is 29.6 Å². The van der Waals surface area contributed by atoms with Gasteiger partial charge in [0.05, 0.1) is 33.6 Å². The quantitative estimate of drug-likeness (QED) is 0.403. The Kier molecular flexibility index (Phi) is 8.77. The van der Waals surface area contributed by atoms with Gasteiger partial charge in [0.2, 0.25) is 0 Å². The molecule has 2 N–H and O–H groups in total. The van der Waals surface area contributed by atoms with E-state index in [-0.39, 0.29) is 23.9 Å². The average molecular weight is 481 g/mol. The summed E-state index contributed by atoms with van der Waals surface area (Å²) in [6.45, 7) is 1.97. The summed E-state index contributed by atoms with van der Waals surface area (Å²) >= 11 is 0. The normalized spacial score (nSPS) is 11.8. The summed E-state index contributed by atoms with van der Waals surface area (Å²) in [5.74, 6) is 1.42. The van der Waals surface area contributed by atoms with Crippen LogP contribution in [0.25, 0.3) is 6.08 Å². The SMILES string of the molecule is COc1ccc(C(=O)N/C(=C\c2ccco2)C(=O)N[C@@H](C)COc2ccccc2OC)cc1OC. The van der Waals surface area contributed by atoms with Gasteiger partial charge in [-0.2, -0.15) is 0 Å². The second-order valence-corrected chi connectivity index (χ2v) is 7.43. The number of furan rings is 1. The summed E-state index contributed by atoms with van der Waals surface area (Å²) in [6, 6.07) is 14.9. The molecule has 9 nitrogen and oxygen atoms in total. The van der Waals surface area contributed by atoms with E-state index in [1.165, 1.54) is 32.6 Å². The minimum absolute atomic E-state index is 0.00359. The van der Waals surface area contributed by atoms with Crippen LogP contribution in [-0.2, 0) is 4.79 Å². The number of methoxy groups -OCH3 is 3. The molecule has 0 bridgehead atoms. The van der Waals surface area contributed by atoms with Crippen LogP contribution in [0.1, 0.15) is 23.0 Å². The van der Waals surface area contributed by atoms with Gasteiger partial charge in [-0.25, -0.2) is 0 Å². The number of carbonyl (C=O) groups excluding carboxylic acids is 2. The molecule has 0 aliphatic carbocycles. The Morgan fingerprint density at radius 3 is 2.26 bits per heavy atom. The summed E-state index contributed by atoms with van der Waals surface area (Å²) in [4.78, 5) is 26.0. The second-order valence-electron chi connectivity index (χ2n) is 7.43. The first kappa shape index (κ1) is 25.2. The van der Waals surface area contributed by atoms with E-state index in [1.54, 1.807) is 50.4 Å². The predicted molar refractivity (Wildman–Crippen MR) is 130 cm³/mol. The fourth-order valence-electron chi connectivity index (χ4n) is 3.14. The van der Waals surface area contributed by atoms with Crippen molar-refractivity contribution in [2.45, 2.75) is 13.0 Å². The van der Waals surface area contributed by atoms with Crippen LogP contribution in [0.15, 0.2) is 71.0 Å². The fraction of sp³-hybridized carbons (Fsp3) is 0.231. The van der Waals surface area contributed by atoms with E-state index in [1.807, 2.05) is 12.1 Å². The molecule has 0 spiro atoms. The van der Waals surface area contributed by atoms with Crippen molar-refractivity contribution in [3.63, 3.8) is 0 Å². The fourth-order valence-corrected chi connectivity index (χ4v) is 3.14. The van der Waals surface area contributed by atoms with Crippen molar-refractivity contribution >= 4 is 17.9 Å². The lowest BCUT2D eigenvalue weighted by molar-refractivity contribution is -0.118. The van der Waals surface area contributed by atoms with Crippen LogP contribution in [0.3, 0.4) is 0 Å². The molecule has 0 unspecified atom stereocenters. The van der Waals surface area contributed by atoms with Gasteiger partial charge in [0, 0.05) is 11.6 Å². The van der Waals surface area contributed by atoms with Gasteiger partial charge in [0.25, 0.3) is 11.8 Å². The standard InChI is InChI=1S/C26H28N2O7/c1-17(16-35-23-10-6-5-9-21(23)31-2)27-26(30)20(15-19-8-7-13-34-19)28-25(29)18-11-12-22(32-3)24(14-18)33-4/h5-15,17H,16H2,1-4H3,(H,27,30)(H,28,29)/b20-15-/t17-/m0/s1. The summed E-state index contributed by atoms with van der Waals surface area (Å²) < 4.78 is 26.9. The lowest BCUT2D eigenvalue weighted by Crippen LogP contribution is -2.41. The minimum Gasteiger partial charge on any atom is -0.493 e. The summed E-state index contributed by atoms with van der Waals surface area (Å²) in [7, 11) is 4.54. The molecule has 2 aromatic carbocycles. The van der Waals surface area contributed by atoms with Crippen molar-refractivity contribution in [2.24, 2.45) is 0 Å². The van der Waals surface area contributed by atoms with Crippen molar-refractivity contribution in [3.8, 4) is 23.0 Å². The van der Waals surface area contributed by atoms with Crippen LogP contribution in [0.2, 0.25) is 0 Å². The third kappa shape index (κ3) is 6.80. The lowest BCUT2D eigenvalue weighted by atomic mass is 10.1. The summed E-state index contributed by atoms with van der Waals surface area (Å²) in [5.41, 5.74) is 0.289. The Labute approximate surface area is 203 Å². The number of hydrogen-bond donors (Lipinski definition) is 2. The van der Waals surface area contributed by atoms with E-state index in [0.717, 1.165) is 0 Å². The van der Waals surface area contributed by atoms with Crippen LogP contribution in [0.4, 0.5) is 0 Å². The molecular weight excluding hydrogens is 452 g/mol. The molecule has 0 aliphatic rings. The summed E-state index contributed by atoms with van der Waals surface area (Å²) in [5, 5.41) is 5.47. The molecule has 2 amide bonds. The van der Waals surface area contributed by atoms with E-state index >= 15 is 0 Å². The van der Waals surface area contributed by atoms with Gasteiger partial charge in [-0.15, -0.1) is 0 Å². The van der Waals surface area contributed by atoms with Gasteiger partial charge < -0.3 is 34.0 Å². The molecule has 0 aliphatic heterocycles. The zero-order chi connectivity index (χ0) is 25.2. The smallest absolute Gasteiger partial charge is 0.268 e. The maximum Gasteiger partial charge on any atom is 0.268 e. The van der Waals surface area contributed by atoms with E-state index in [0.29, 0.717) is 28.8 Å². The Balaban J connectivity index is 1.72. The van der Waals surface area contributed by atoms with Crippen molar-refractivity contribution < 1.29 is 33.0 Å². The number of ether oxygens (including phenoxy) is 4. The third-order valence-electron chi connectivity index (χ3n) is 4.90. The van der Waals surface area contributed by atoms with Crippen molar-refractivity contribution in [3.05, 3.63) is 77.9 Å². The minimum atomic E-state index is -0.508. The number of para-hydroxylation sites is 2. The van der Waals surface area contributed by atoms with E-state index in [4.69, 9.17) is 23.4 Å². The van der Waals surface area contributed by atoms with E-state index in [9.17, 15) is 9.59 Å². The molecule has 1 heterocycles. The second kappa shape index (κ2) is 12.2. The number of rotatable bonds is 11. The molecular formula is C26H28N2O7. The van der Waals surface area contributed by atoms with Gasteiger partial charge in [0.15, 0.2) is 23.0 Å². The highest BCUT2D eigenvalue weighted by Crippen LogP contribution is 2.28. The number of carbonyl (C=O) groups is 2. The Morgan fingerprint density at radius 2 is 1.60 bits per heavy atom. The van der Waals surface area contributed by atoms with E-state index < -0.39 is 11.8 Å². The molecule has 0 saturated heterocycles. The van der Waals surface area contributed by atoms with E-state index in [2.05, 4.69) is 10.6 Å². The maximum absolute atomic E-state index is 13.0. The number of amides is 2. The average Bonchev–Trinajstić information content (AvgIpc) is 3.39. The van der Waals surface area contributed by atoms with Crippen LogP contribution in [0, 0.1) is 0 Å². The lowest BCUT2D eigenvalue weighted by Gasteiger charge is -2.18. The van der Waals surface area contributed by atoms with Gasteiger partial charge in [-0.05, 0) is 49.4 Å². The van der Waals surface area contributed by atoms with Gasteiger partial charge in [0.1, 0.15) is 18.1 Å². The first-order valence-electron chi connectivity index (χ1n) is 10.8. The Morgan fingerprint density at radius 1 is 0.914 bits per heavy atom. The molecule has 1 atom stereocenters. The van der Waals surface area contributed by atoms with Gasteiger partial charge in [-0.3, -0.25) is 9.59 Å². The first-order chi connectivity index (χ1) is 16.9. The monoisotopic (exact) mass is 480 g/mol. The highest BCUT2D eigenvalue weighted by Gasteiger charge is 2.19. The molecule has 1 aromatic heterocycles. The Hall–Kier alpha value is -4.40. The first-order valence-corrected chi connectivity index (χ1v) is 10.8. The van der Waals surface area contributed by atoms with Crippen molar-refractivity contribution in [2.75, 3.05) is 27.9 Å². The highest BCUT2D eigenvalue weighted by molar-refractivity contribution is 6.05. The molecule has 3 aromatic rings. The maximum atomic E-state index is 13.0. The topological polar surface area (TPSA) is 108 Å². The third-order valence-corrected chi connectivity index (χ3v) is 4.90. The van der Waals surface area contributed by atoms with Gasteiger partial charge >= 0.3 is 0 Å². The molecule has 9 heteroatoms. The van der Waals surface area contributed by atoms with Crippen molar-refractivity contribution in [1.29, 1.82) is 0 Å². The number of benzene rings is 2. The van der Waals surface area contributed by atoms with Crippen molar-refractivity contribution in [1.82, 2.24) is 10.6 Å². The molecule has 35 heavy (non-hydrogen) atoms.